The molecule has 1 aromatic heterocycles. The lowest BCUT2D eigenvalue weighted by molar-refractivity contribution is 0.384. The SMILES string of the molecule is C=C(/C=C\C=C/C)C(=N)N1CCN(c2ccncc2)CC1. The quantitative estimate of drug-likeness (QED) is 0.524. The van der Waals surface area contributed by atoms with Crippen LogP contribution in [0.2, 0.25) is 0 Å². The van der Waals surface area contributed by atoms with Crippen molar-refractivity contribution in [2.24, 2.45) is 0 Å². The molecule has 2 heterocycles. The molecule has 0 atom stereocenters. The lowest BCUT2D eigenvalue weighted by Gasteiger charge is -2.37. The second-order valence-electron chi connectivity index (χ2n) is 4.94. The fraction of sp³-hybridized carbons (Fsp3) is 0.294. The highest BCUT2D eigenvalue weighted by molar-refractivity contribution is 5.98. The van der Waals surface area contributed by atoms with E-state index in [9.17, 15) is 0 Å². The summed E-state index contributed by atoms with van der Waals surface area (Å²) in [6, 6.07) is 4.06. The van der Waals surface area contributed by atoms with E-state index in [2.05, 4.69) is 21.4 Å². The summed E-state index contributed by atoms with van der Waals surface area (Å²) in [5.74, 6) is 0.519. The maximum absolute atomic E-state index is 8.22. The van der Waals surface area contributed by atoms with Crippen LogP contribution in [0.5, 0.6) is 0 Å². The average molecular weight is 282 g/mol. The predicted molar refractivity (Wildman–Crippen MR) is 88.8 cm³/mol. The Morgan fingerprint density at radius 3 is 2.48 bits per heavy atom. The Hall–Kier alpha value is -2.36. The lowest BCUT2D eigenvalue weighted by atomic mass is 10.2. The summed E-state index contributed by atoms with van der Waals surface area (Å²) < 4.78 is 0. The smallest absolute Gasteiger partial charge is 0.127 e. The van der Waals surface area contributed by atoms with Gasteiger partial charge in [0.2, 0.25) is 0 Å². The number of aromatic nitrogens is 1. The van der Waals surface area contributed by atoms with E-state index in [0.717, 1.165) is 31.8 Å². The van der Waals surface area contributed by atoms with E-state index in [-0.39, 0.29) is 0 Å². The van der Waals surface area contributed by atoms with Crippen molar-refractivity contribution in [1.29, 1.82) is 5.41 Å². The number of allylic oxidation sites excluding steroid dienone is 3. The van der Waals surface area contributed by atoms with E-state index >= 15 is 0 Å². The highest BCUT2D eigenvalue weighted by Gasteiger charge is 2.19. The molecule has 1 aromatic rings. The van der Waals surface area contributed by atoms with Crippen molar-refractivity contribution in [2.75, 3.05) is 31.1 Å². The van der Waals surface area contributed by atoms with Crippen LogP contribution >= 0.6 is 0 Å². The molecule has 0 aromatic carbocycles. The van der Waals surface area contributed by atoms with Gasteiger partial charge in [0.1, 0.15) is 5.84 Å². The van der Waals surface area contributed by atoms with Gasteiger partial charge in [-0.1, -0.05) is 30.9 Å². The van der Waals surface area contributed by atoms with E-state index in [1.54, 1.807) is 0 Å². The van der Waals surface area contributed by atoms with Crippen molar-refractivity contribution in [3.8, 4) is 0 Å². The first-order valence-corrected chi connectivity index (χ1v) is 7.19. The van der Waals surface area contributed by atoms with Crippen LogP contribution in [0.25, 0.3) is 0 Å². The van der Waals surface area contributed by atoms with Gasteiger partial charge in [-0.25, -0.2) is 0 Å². The summed E-state index contributed by atoms with van der Waals surface area (Å²) >= 11 is 0. The highest BCUT2D eigenvalue weighted by atomic mass is 15.3. The first-order chi connectivity index (χ1) is 10.2. The molecule has 2 rings (SSSR count). The van der Waals surface area contributed by atoms with Crippen LogP contribution in [0, 0.1) is 5.41 Å². The Labute approximate surface area is 126 Å². The molecular weight excluding hydrogens is 260 g/mol. The number of pyridine rings is 1. The molecular formula is C17H22N4. The van der Waals surface area contributed by atoms with Crippen LogP contribution in [-0.2, 0) is 0 Å². The maximum atomic E-state index is 8.22. The van der Waals surface area contributed by atoms with E-state index in [1.807, 2.05) is 55.8 Å². The zero-order valence-corrected chi connectivity index (χ0v) is 12.5. The average Bonchev–Trinajstić information content (AvgIpc) is 2.55. The minimum atomic E-state index is 0.519. The molecule has 1 aliphatic heterocycles. The number of nitrogens with one attached hydrogen (secondary N) is 1. The van der Waals surface area contributed by atoms with Crippen LogP contribution < -0.4 is 4.90 Å². The second-order valence-corrected chi connectivity index (χ2v) is 4.94. The molecule has 0 radical (unpaired) electrons. The number of anilines is 1. The third-order valence-corrected chi connectivity index (χ3v) is 3.53. The van der Waals surface area contributed by atoms with Crippen molar-refractivity contribution < 1.29 is 0 Å². The summed E-state index contributed by atoms with van der Waals surface area (Å²) in [4.78, 5) is 8.45. The Balaban J connectivity index is 1.89. The molecule has 110 valence electrons. The Morgan fingerprint density at radius 2 is 1.86 bits per heavy atom. The summed E-state index contributed by atoms with van der Waals surface area (Å²) in [6.45, 7) is 9.46. The summed E-state index contributed by atoms with van der Waals surface area (Å²) in [5.41, 5.74) is 1.95. The van der Waals surface area contributed by atoms with Gasteiger partial charge in [0.05, 0.1) is 0 Å². The number of amidine groups is 1. The molecule has 0 saturated carbocycles. The second kappa shape index (κ2) is 7.43. The fourth-order valence-corrected chi connectivity index (χ4v) is 2.31. The van der Waals surface area contributed by atoms with E-state index in [1.165, 1.54) is 5.69 Å². The van der Waals surface area contributed by atoms with Crippen LogP contribution in [0.1, 0.15) is 6.92 Å². The zero-order valence-electron chi connectivity index (χ0n) is 12.5. The molecule has 4 heteroatoms. The maximum Gasteiger partial charge on any atom is 0.127 e. The zero-order chi connectivity index (χ0) is 15.1. The molecule has 0 unspecified atom stereocenters. The Morgan fingerprint density at radius 1 is 1.19 bits per heavy atom. The minimum Gasteiger partial charge on any atom is -0.368 e. The van der Waals surface area contributed by atoms with Crippen LogP contribution in [0.15, 0.2) is 61.0 Å². The first kappa shape index (κ1) is 15.0. The largest absolute Gasteiger partial charge is 0.368 e. The van der Waals surface area contributed by atoms with Gasteiger partial charge in [0.25, 0.3) is 0 Å². The molecule has 1 N–H and O–H groups in total. The van der Waals surface area contributed by atoms with Crippen molar-refractivity contribution in [2.45, 2.75) is 6.92 Å². The molecule has 0 amide bonds. The molecule has 4 nitrogen and oxygen atoms in total. The molecule has 0 aliphatic carbocycles. The predicted octanol–water partition coefficient (Wildman–Crippen LogP) is 2.87. The Kier molecular flexibility index (Phi) is 5.32. The Bertz CT molecular complexity index is 537. The minimum absolute atomic E-state index is 0.519. The first-order valence-electron chi connectivity index (χ1n) is 7.19. The normalized spacial score (nSPS) is 15.9. The van der Waals surface area contributed by atoms with Crippen molar-refractivity contribution in [3.63, 3.8) is 0 Å². The van der Waals surface area contributed by atoms with Gasteiger partial charge < -0.3 is 9.80 Å². The van der Waals surface area contributed by atoms with Crippen LogP contribution in [0.3, 0.4) is 0 Å². The van der Waals surface area contributed by atoms with Gasteiger partial charge in [0, 0.05) is 49.8 Å². The van der Waals surface area contributed by atoms with Crippen LogP contribution in [0.4, 0.5) is 5.69 Å². The van der Waals surface area contributed by atoms with Crippen molar-refractivity contribution in [1.82, 2.24) is 9.88 Å². The highest BCUT2D eigenvalue weighted by Crippen LogP contribution is 2.15. The number of rotatable bonds is 4. The van der Waals surface area contributed by atoms with E-state index < -0.39 is 0 Å². The standard InChI is InChI=1S/C17H22N4/c1-3-4-5-6-15(2)17(18)21-13-11-20(12-14-21)16-7-9-19-10-8-16/h3-10,18H,2,11-14H2,1H3/b4-3-,6-5-,18-17?. The molecule has 0 spiro atoms. The lowest BCUT2D eigenvalue weighted by Crippen LogP contribution is -2.48. The van der Waals surface area contributed by atoms with Gasteiger partial charge in [-0.2, -0.15) is 0 Å². The van der Waals surface area contributed by atoms with Gasteiger partial charge in [0.15, 0.2) is 0 Å². The monoisotopic (exact) mass is 282 g/mol. The third kappa shape index (κ3) is 4.05. The molecule has 21 heavy (non-hydrogen) atoms. The van der Waals surface area contributed by atoms with Gasteiger partial charge in [-0.3, -0.25) is 10.4 Å². The van der Waals surface area contributed by atoms with E-state index in [4.69, 9.17) is 5.41 Å². The number of hydrogen-bond acceptors (Lipinski definition) is 3. The summed E-state index contributed by atoms with van der Waals surface area (Å²) in [5, 5.41) is 8.22. The van der Waals surface area contributed by atoms with E-state index in [0.29, 0.717) is 5.84 Å². The molecule has 1 fully saturated rings. The fourth-order valence-electron chi connectivity index (χ4n) is 2.31. The number of hydrogen-bond donors (Lipinski definition) is 1. The van der Waals surface area contributed by atoms with Crippen LogP contribution in [-0.4, -0.2) is 41.9 Å². The summed E-state index contributed by atoms with van der Waals surface area (Å²) in [6.07, 6.45) is 11.3. The number of piperazine rings is 1. The summed E-state index contributed by atoms with van der Waals surface area (Å²) in [7, 11) is 0. The topological polar surface area (TPSA) is 43.2 Å². The van der Waals surface area contributed by atoms with Gasteiger partial charge in [-0.05, 0) is 19.1 Å². The molecule has 1 aliphatic rings. The third-order valence-electron chi connectivity index (χ3n) is 3.53. The van der Waals surface area contributed by atoms with Crippen molar-refractivity contribution >= 4 is 11.5 Å². The van der Waals surface area contributed by atoms with Crippen molar-refractivity contribution in [3.05, 3.63) is 61.0 Å². The molecule has 0 bridgehead atoms. The number of nitrogens with zero attached hydrogens (tertiary/aromatic N) is 3. The van der Waals surface area contributed by atoms with Gasteiger partial charge >= 0.3 is 0 Å². The molecule has 1 saturated heterocycles. The van der Waals surface area contributed by atoms with Gasteiger partial charge in [-0.15, -0.1) is 0 Å².